The second-order valence-corrected chi connectivity index (χ2v) is 4.69. The van der Waals surface area contributed by atoms with E-state index in [1.54, 1.807) is 0 Å². The Morgan fingerprint density at radius 2 is 1.71 bits per heavy atom. The zero-order valence-electron chi connectivity index (χ0n) is 9.61. The van der Waals surface area contributed by atoms with Crippen molar-refractivity contribution in [3.05, 3.63) is 58.6 Å². The number of carbonyl (C=O) groups excluding carboxylic acids is 1. The Bertz CT molecular complexity index is 529. The fraction of sp³-hybridized carbons (Fsp3) is 0.133. The molecule has 0 N–H and O–H groups in total. The third kappa shape index (κ3) is 2.64. The van der Waals surface area contributed by atoms with Crippen LogP contribution in [0.2, 0.25) is 0 Å². The Morgan fingerprint density at radius 1 is 1.06 bits per heavy atom. The second-order valence-electron chi connectivity index (χ2n) is 3.83. The normalized spacial score (nSPS) is 10.2. The number of carbonyl (C=O) groups is 1. The Labute approximate surface area is 110 Å². The molecule has 0 heterocycles. The predicted molar refractivity (Wildman–Crippen MR) is 74.2 cm³/mol. The van der Waals surface area contributed by atoms with Crippen LogP contribution in [0, 0.1) is 0 Å². The Balaban J connectivity index is 2.36. The van der Waals surface area contributed by atoms with Gasteiger partial charge >= 0.3 is 0 Å². The van der Waals surface area contributed by atoms with E-state index in [0.29, 0.717) is 6.42 Å². The van der Waals surface area contributed by atoms with Crippen molar-refractivity contribution in [2.75, 3.05) is 0 Å². The van der Waals surface area contributed by atoms with Gasteiger partial charge in [0, 0.05) is 16.5 Å². The molecule has 2 heteroatoms. The van der Waals surface area contributed by atoms with Crippen LogP contribution in [-0.2, 0) is 0 Å². The summed E-state index contributed by atoms with van der Waals surface area (Å²) in [6.07, 6.45) is 0.550. The van der Waals surface area contributed by atoms with Gasteiger partial charge in [-0.1, -0.05) is 65.3 Å². The van der Waals surface area contributed by atoms with Crippen LogP contribution in [0.25, 0.3) is 11.1 Å². The van der Waals surface area contributed by atoms with Crippen molar-refractivity contribution in [1.29, 1.82) is 0 Å². The fourth-order valence-corrected chi connectivity index (χ4v) is 2.25. The van der Waals surface area contributed by atoms with Crippen molar-refractivity contribution < 1.29 is 4.79 Å². The lowest BCUT2D eigenvalue weighted by Crippen LogP contribution is -1.95. The lowest BCUT2D eigenvalue weighted by molar-refractivity contribution is 0.0988. The van der Waals surface area contributed by atoms with Gasteiger partial charge in [0.1, 0.15) is 0 Å². The van der Waals surface area contributed by atoms with Crippen LogP contribution >= 0.6 is 15.9 Å². The number of ketones is 1. The summed E-state index contributed by atoms with van der Waals surface area (Å²) in [7, 11) is 0. The Hall–Kier alpha value is -1.41. The summed E-state index contributed by atoms with van der Waals surface area (Å²) in [6.45, 7) is 1.88. The van der Waals surface area contributed by atoms with Gasteiger partial charge < -0.3 is 0 Å². The minimum Gasteiger partial charge on any atom is -0.294 e. The van der Waals surface area contributed by atoms with E-state index < -0.39 is 0 Å². The van der Waals surface area contributed by atoms with Crippen molar-refractivity contribution in [2.24, 2.45) is 0 Å². The van der Waals surface area contributed by atoms with Crippen LogP contribution < -0.4 is 0 Å². The van der Waals surface area contributed by atoms with Gasteiger partial charge in [-0.3, -0.25) is 4.79 Å². The maximum absolute atomic E-state index is 11.5. The van der Waals surface area contributed by atoms with E-state index in [9.17, 15) is 4.79 Å². The molecule has 0 spiro atoms. The second kappa shape index (κ2) is 5.28. The summed E-state index contributed by atoms with van der Waals surface area (Å²) in [4.78, 5) is 11.5. The predicted octanol–water partition coefficient (Wildman–Crippen LogP) is 4.71. The highest BCUT2D eigenvalue weighted by Gasteiger charge is 2.05. The molecule has 17 heavy (non-hydrogen) atoms. The standard InChI is InChI=1S/C15H13BrO/c1-2-15(17)12-9-7-11(8-10-12)13-5-3-4-6-14(13)16/h3-10H,2H2,1H3. The van der Waals surface area contributed by atoms with E-state index in [1.165, 1.54) is 0 Å². The molecule has 0 bridgehead atoms. The molecule has 0 aliphatic heterocycles. The third-order valence-electron chi connectivity index (χ3n) is 2.71. The van der Waals surface area contributed by atoms with Gasteiger partial charge in [-0.05, 0) is 17.2 Å². The molecular weight excluding hydrogens is 276 g/mol. The maximum Gasteiger partial charge on any atom is 0.162 e. The molecular formula is C15H13BrO. The van der Waals surface area contributed by atoms with Crippen molar-refractivity contribution in [3.63, 3.8) is 0 Å². The van der Waals surface area contributed by atoms with Crippen molar-refractivity contribution >= 4 is 21.7 Å². The van der Waals surface area contributed by atoms with Gasteiger partial charge in [0.05, 0.1) is 0 Å². The van der Waals surface area contributed by atoms with Crippen LogP contribution in [0.5, 0.6) is 0 Å². The first-order valence-corrected chi connectivity index (χ1v) is 6.40. The van der Waals surface area contributed by atoms with E-state index >= 15 is 0 Å². The first-order chi connectivity index (χ1) is 8.22. The largest absolute Gasteiger partial charge is 0.294 e. The molecule has 86 valence electrons. The monoisotopic (exact) mass is 288 g/mol. The lowest BCUT2D eigenvalue weighted by Gasteiger charge is -2.05. The summed E-state index contributed by atoms with van der Waals surface area (Å²) in [5.41, 5.74) is 3.04. The smallest absolute Gasteiger partial charge is 0.162 e. The summed E-state index contributed by atoms with van der Waals surface area (Å²) in [5.74, 6) is 0.184. The molecule has 0 saturated heterocycles. The number of benzene rings is 2. The van der Waals surface area contributed by atoms with E-state index in [4.69, 9.17) is 0 Å². The molecule has 0 amide bonds. The molecule has 0 atom stereocenters. The topological polar surface area (TPSA) is 17.1 Å². The summed E-state index contributed by atoms with van der Waals surface area (Å²) in [5, 5.41) is 0. The summed E-state index contributed by atoms with van der Waals surface area (Å²) >= 11 is 3.53. The Kier molecular flexibility index (Phi) is 3.75. The minimum atomic E-state index is 0.184. The fourth-order valence-electron chi connectivity index (χ4n) is 1.74. The van der Waals surface area contributed by atoms with Crippen molar-refractivity contribution in [3.8, 4) is 11.1 Å². The van der Waals surface area contributed by atoms with Crippen molar-refractivity contribution in [2.45, 2.75) is 13.3 Å². The van der Waals surface area contributed by atoms with Crippen LogP contribution in [0.4, 0.5) is 0 Å². The van der Waals surface area contributed by atoms with Gasteiger partial charge in [-0.25, -0.2) is 0 Å². The van der Waals surface area contributed by atoms with E-state index in [0.717, 1.165) is 21.2 Å². The van der Waals surface area contributed by atoms with Crippen LogP contribution in [0.1, 0.15) is 23.7 Å². The molecule has 2 aromatic rings. The number of hydrogen-bond acceptors (Lipinski definition) is 1. The average Bonchev–Trinajstić information content (AvgIpc) is 2.39. The van der Waals surface area contributed by atoms with Gasteiger partial charge in [0.25, 0.3) is 0 Å². The van der Waals surface area contributed by atoms with Gasteiger partial charge in [-0.15, -0.1) is 0 Å². The average molecular weight is 289 g/mol. The molecule has 2 aromatic carbocycles. The highest BCUT2D eigenvalue weighted by molar-refractivity contribution is 9.10. The summed E-state index contributed by atoms with van der Waals surface area (Å²) < 4.78 is 1.06. The first-order valence-electron chi connectivity index (χ1n) is 5.60. The third-order valence-corrected chi connectivity index (χ3v) is 3.40. The van der Waals surface area contributed by atoms with Gasteiger partial charge in [0.2, 0.25) is 0 Å². The van der Waals surface area contributed by atoms with E-state index in [-0.39, 0.29) is 5.78 Å². The SMILES string of the molecule is CCC(=O)c1ccc(-c2ccccc2Br)cc1. The molecule has 0 aliphatic rings. The lowest BCUT2D eigenvalue weighted by atomic mass is 10.0. The Morgan fingerprint density at radius 3 is 2.29 bits per heavy atom. The minimum absolute atomic E-state index is 0.184. The van der Waals surface area contributed by atoms with Crippen LogP contribution in [-0.4, -0.2) is 5.78 Å². The molecule has 0 fully saturated rings. The quantitative estimate of drug-likeness (QED) is 0.748. The van der Waals surface area contributed by atoms with Crippen LogP contribution in [0.15, 0.2) is 53.0 Å². The number of halogens is 1. The van der Waals surface area contributed by atoms with E-state index in [1.807, 2.05) is 49.4 Å². The number of hydrogen-bond donors (Lipinski definition) is 0. The number of rotatable bonds is 3. The van der Waals surface area contributed by atoms with E-state index in [2.05, 4.69) is 22.0 Å². The number of Topliss-reactive ketones (excluding diaryl/α,β-unsaturated/α-hetero) is 1. The molecule has 0 saturated carbocycles. The highest BCUT2D eigenvalue weighted by atomic mass is 79.9. The van der Waals surface area contributed by atoms with Crippen molar-refractivity contribution in [1.82, 2.24) is 0 Å². The maximum atomic E-state index is 11.5. The molecule has 2 rings (SSSR count). The molecule has 0 aromatic heterocycles. The summed E-state index contributed by atoms with van der Waals surface area (Å²) in [6, 6.07) is 15.8. The zero-order chi connectivity index (χ0) is 12.3. The highest BCUT2D eigenvalue weighted by Crippen LogP contribution is 2.28. The molecule has 0 unspecified atom stereocenters. The molecule has 1 nitrogen and oxygen atoms in total. The van der Waals surface area contributed by atoms with Gasteiger partial charge in [-0.2, -0.15) is 0 Å². The molecule has 0 aliphatic carbocycles. The first kappa shape index (κ1) is 12.1. The van der Waals surface area contributed by atoms with Gasteiger partial charge in [0.15, 0.2) is 5.78 Å². The molecule has 0 radical (unpaired) electrons. The zero-order valence-corrected chi connectivity index (χ0v) is 11.2. The van der Waals surface area contributed by atoms with Crippen LogP contribution in [0.3, 0.4) is 0 Å².